The molecule has 0 aliphatic heterocycles. The molecule has 0 unspecified atom stereocenters. The van der Waals surface area contributed by atoms with E-state index in [1.165, 1.54) is 6.07 Å². The van der Waals surface area contributed by atoms with Crippen molar-refractivity contribution in [1.29, 1.82) is 0 Å². The van der Waals surface area contributed by atoms with Gasteiger partial charge in [-0.2, -0.15) is 5.10 Å². The van der Waals surface area contributed by atoms with Gasteiger partial charge in [0.25, 0.3) is 11.6 Å². The molecule has 29 heavy (non-hydrogen) atoms. The van der Waals surface area contributed by atoms with Crippen LogP contribution >= 0.6 is 0 Å². The molecule has 1 amide bonds. The van der Waals surface area contributed by atoms with Crippen molar-refractivity contribution in [2.75, 3.05) is 5.32 Å². The van der Waals surface area contributed by atoms with Crippen LogP contribution in [0.4, 0.5) is 11.4 Å². The van der Waals surface area contributed by atoms with Crippen LogP contribution in [0, 0.1) is 10.1 Å². The molecule has 3 aromatic rings. The number of H-pyrrole nitrogens is 1. The number of aromatic amines is 1. The molecule has 146 valence electrons. The van der Waals surface area contributed by atoms with E-state index in [0.717, 1.165) is 29.7 Å². The molecule has 5 N–H and O–H groups in total. The van der Waals surface area contributed by atoms with Gasteiger partial charge in [-0.25, -0.2) is 0 Å². The zero-order chi connectivity index (χ0) is 20.5. The predicted molar refractivity (Wildman–Crippen MR) is 111 cm³/mol. The number of amides is 1. The van der Waals surface area contributed by atoms with Gasteiger partial charge in [-0.05, 0) is 36.6 Å². The Labute approximate surface area is 165 Å². The second kappa shape index (κ2) is 7.12. The van der Waals surface area contributed by atoms with Gasteiger partial charge in [-0.3, -0.25) is 20.3 Å². The minimum absolute atomic E-state index is 0.0698. The van der Waals surface area contributed by atoms with Gasteiger partial charge < -0.3 is 16.0 Å². The number of anilines is 1. The normalized spacial score (nSPS) is 14.0. The van der Waals surface area contributed by atoms with Crippen LogP contribution in [0.2, 0.25) is 0 Å². The highest BCUT2D eigenvalue weighted by Crippen LogP contribution is 2.28. The number of nitro groups is 1. The van der Waals surface area contributed by atoms with Crippen LogP contribution in [0.1, 0.15) is 28.0 Å². The summed E-state index contributed by atoms with van der Waals surface area (Å²) in [5.41, 5.74) is 12.2. The van der Waals surface area contributed by atoms with Gasteiger partial charge in [0.2, 0.25) is 0 Å². The molecule has 0 saturated heterocycles. The van der Waals surface area contributed by atoms with Crippen LogP contribution in [-0.2, 0) is 6.42 Å². The lowest BCUT2D eigenvalue weighted by Gasteiger charge is -2.07. The van der Waals surface area contributed by atoms with Crippen molar-refractivity contribution >= 4 is 33.9 Å². The summed E-state index contributed by atoms with van der Waals surface area (Å²) >= 11 is 0. The molecule has 0 bridgehead atoms. The van der Waals surface area contributed by atoms with Gasteiger partial charge in [0.1, 0.15) is 17.0 Å². The van der Waals surface area contributed by atoms with Crippen molar-refractivity contribution in [2.24, 2.45) is 10.8 Å². The minimum atomic E-state index is -0.477. The largest absolute Gasteiger partial charge is 0.385 e. The highest BCUT2D eigenvalue weighted by atomic mass is 16.6. The average Bonchev–Trinajstić information content (AvgIpc) is 3.29. The summed E-state index contributed by atoms with van der Waals surface area (Å²) in [4.78, 5) is 26.2. The van der Waals surface area contributed by atoms with E-state index in [2.05, 4.69) is 27.4 Å². The number of aryl methyl sites for hydroxylation is 1. The Bertz CT molecular complexity index is 1190. The number of nitrogens with one attached hydrogen (secondary N) is 3. The highest BCUT2D eigenvalue weighted by molar-refractivity contribution is 6.08. The predicted octanol–water partition coefficient (Wildman–Crippen LogP) is 3.00. The van der Waals surface area contributed by atoms with E-state index in [1.54, 1.807) is 24.3 Å². The summed E-state index contributed by atoms with van der Waals surface area (Å²) in [6, 6.07) is 11.9. The lowest BCUT2D eigenvalue weighted by Crippen LogP contribution is -2.15. The van der Waals surface area contributed by atoms with E-state index in [0.29, 0.717) is 16.6 Å². The quantitative estimate of drug-likeness (QED) is 0.392. The number of hydrogen-bond donors (Lipinski definition) is 4. The fourth-order valence-electron chi connectivity index (χ4n) is 3.42. The number of aromatic nitrogens is 1. The first-order valence-electron chi connectivity index (χ1n) is 8.90. The Balaban J connectivity index is 1.56. The Hall–Kier alpha value is -4.14. The number of fused-ring (bicyclic) bond motifs is 2. The number of rotatable bonds is 5. The standard InChI is InChI=1S/C20H18N6O3/c1-11(21)24-25-16-8-5-12-9-14(6-7-15(12)16)22-20(27)17-10-13-3-2-4-18(26(28)29)19(13)23-17/h2-4,6-7,9-10,23-24H,1,5,8,21H2,(H,22,27)/b25-16+. The fourth-order valence-corrected chi connectivity index (χ4v) is 3.42. The fraction of sp³-hybridized carbons (Fsp3) is 0.100. The van der Waals surface area contributed by atoms with E-state index >= 15 is 0 Å². The number of nitrogens with two attached hydrogens (primary N) is 1. The van der Waals surface area contributed by atoms with Gasteiger partial charge in [0.05, 0.1) is 10.6 Å². The van der Waals surface area contributed by atoms with Gasteiger partial charge in [-0.15, -0.1) is 0 Å². The molecule has 9 heteroatoms. The maximum Gasteiger partial charge on any atom is 0.293 e. The lowest BCUT2D eigenvalue weighted by atomic mass is 10.1. The molecule has 0 fully saturated rings. The Morgan fingerprint density at radius 3 is 2.83 bits per heavy atom. The van der Waals surface area contributed by atoms with Crippen molar-refractivity contribution in [3.8, 4) is 0 Å². The zero-order valence-electron chi connectivity index (χ0n) is 15.4. The van der Waals surface area contributed by atoms with E-state index in [9.17, 15) is 14.9 Å². The molecule has 2 aromatic carbocycles. The molecule has 4 rings (SSSR count). The van der Waals surface area contributed by atoms with Crippen LogP contribution in [0.25, 0.3) is 10.9 Å². The third-order valence-electron chi connectivity index (χ3n) is 4.72. The Kier molecular flexibility index (Phi) is 4.47. The van der Waals surface area contributed by atoms with Gasteiger partial charge in [0, 0.05) is 22.7 Å². The lowest BCUT2D eigenvalue weighted by molar-refractivity contribution is -0.383. The van der Waals surface area contributed by atoms with Crippen molar-refractivity contribution in [3.05, 3.63) is 81.8 Å². The van der Waals surface area contributed by atoms with Crippen LogP contribution in [0.5, 0.6) is 0 Å². The second-order valence-corrected chi connectivity index (χ2v) is 6.70. The average molecular weight is 390 g/mol. The second-order valence-electron chi connectivity index (χ2n) is 6.70. The third kappa shape index (κ3) is 3.53. The van der Waals surface area contributed by atoms with E-state index < -0.39 is 4.92 Å². The number of carbonyl (C=O) groups is 1. The molecule has 1 heterocycles. The summed E-state index contributed by atoms with van der Waals surface area (Å²) in [5.74, 6) is -0.100. The van der Waals surface area contributed by atoms with E-state index in [-0.39, 0.29) is 23.1 Å². The van der Waals surface area contributed by atoms with Crippen LogP contribution < -0.4 is 16.5 Å². The molecule has 0 saturated carbocycles. The number of benzene rings is 2. The summed E-state index contributed by atoms with van der Waals surface area (Å²) in [6.07, 6.45) is 1.56. The third-order valence-corrected chi connectivity index (χ3v) is 4.72. The smallest absolute Gasteiger partial charge is 0.293 e. The number of para-hydroxylation sites is 1. The molecule has 1 aromatic heterocycles. The van der Waals surface area contributed by atoms with Crippen molar-refractivity contribution in [1.82, 2.24) is 10.4 Å². The van der Waals surface area contributed by atoms with E-state index in [4.69, 9.17) is 5.73 Å². The Morgan fingerprint density at radius 2 is 2.07 bits per heavy atom. The SMILES string of the molecule is C=C(N)N/N=C1\CCc2cc(NC(=O)c3cc4cccc([N+](=O)[O-])c4[nH]3)ccc21. The molecule has 1 aliphatic carbocycles. The number of nitro benzene ring substituents is 1. The first-order chi connectivity index (χ1) is 13.9. The molecule has 0 atom stereocenters. The van der Waals surface area contributed by atoms with Crippen molar-refractivity contribution in [3.63, 3.8) is 0 Å². The number of hydrogen-bond acceptors (Lipinski definition) is 6. The molecule has 0 radical (unpaired) electrons. The summed E-state index contributed by atoms with van der Waals surface area (Å²) < 4.78 is 0. The van der Waals surface area contributed by atoms with Crippen LogP contribution in [0.15, 0.2) is 60.0 Å². The van der Waals surface area contributed by atoms with Crippen LogP contribution in [-0.4, -0.2) is 21.5 Å². The maximum absolute atomic E-state index is 12.6. The topological polar surface area (TPSA) is 138 Å². The number of non-ortho nitro benzene ring substituents is 1. The van der Waals surface area contributed by atoms with Crippen LogP contribution in [0.3, 0.4) is 0 Å². The molecule has 0 spiro atoms. The molecule has 1 aliphatic rings. The zero-order valence-corrected chi connectivity index (χ0v) is 15.4. The number of hydrazone groups is 1. The first kappa shape index (κ1) is 18.2. The summed E-state index contributed by atoms with van der Waals surface area (Å²) in [7, 11) is 0. The monoisotopic (exact) mass is 390 g/mol. The van der Waals surface area contributed by atoms with Crippen molar-refractivity contribution in [2.45, 2.75) is 12.8 Å². The van der Waals surface area contributed by atoms with Gasteiger partial charge >= 0.3 is 0 Å². The maximum atomic E-state index is 12.6. The first-order valence-corrected chi connectivity index (χ1v) is 8.90. The highest BCUT2D eigenvalue weighted by Gasteiger charge is 2.20. The van der Waals surface area contributed by atoms with E-state index in [1.807, 2.05) is 12.1 Å². The summed E-state index contributed by atoms with van der Waals surface area (Å²) in [5, 5.41) is 18.8. The van der Waals surface area contributed by atoms with Gasteiger partial charge in [0.15, 0.2) is 0 Å². The molecular formula is C20H18N6O3. The van der Waals surface area contributed by atoms with Crippen molar-refractivity contribution < 1.29 is 9.72 Å². The minimum Gasteiger partial charge on any atom is -0.385 e. The molecular weight excluding hydrogens is 372 g/mol. The molecule has 9 nitrogen and oxygen atoms in total. The number of nitrogens with zero attached hydrogens (tertiary/aromatic N) is 2. The number of carbonyl (C=O) groups excluding carboxylic acids is 1. The summed E-state index contributed by atoms with van der Waals surface area (Å²) in [6.45, 7) is 3.55. The Morgan fingerprint density at radius 1 is 1.24 bits per heavy atom. The van der Waals surface area contributed by atoms with Gasteiger partial charge in [-0.1, -0.05) is 24.8 Å².